The zero-order valence-corrected chi connectivity index (χ0v) is 16.3. The molecule has 2 aromatic carbocycles. The van der Waals surface area contributed by atoms with E-state index in [0.29, 0.717) is 5.82 Å². The van der Waals surface area contributed by atoms with E-state index in [1.165, 1.54) is 5.56 Å². The maximum atomic E-state index is 6.15. The van der Waals surface area contributed by atoms with Crippen LogP contribution in [0, 0.1) is 6.92 Å². The molecule has 4 rings (SSSR count). The fourth-order valence-corrected chi connectivity index (χ4v) is 3.69. The number of nitrogen functional groups attached to an aromatic ring is 1. The number of benzene rings is 2. The van der Waals surface area contributed by atoms with Crippen LogP contribution in [0.3, 0.4) is 0 Å². The summed E-state index contributed by atoms with van der Waals surface area (Å²) < 4.78 is 8.09. The Morgan fingerprint density at radius 3 is 2.54 bits per heavy atom. The van der Waals surface area contributed by atoms with Crippen molar-refractivity contribution in [3.8, 4) is 0 Å². The van der Waals surface area contributed by atoms with Gasteiger partial charge in [-0.05, 0) is 37.8 Å². The summed E-state index contributed by atoms with van der Waals surface area (Å²) in [6.07, 6.45) is 3.04. The Kier molecular flexibility index (Phi) is 5.53. The minimum atomic E-state index is 0.493. The zero-order chi connectivity index (χ0) is 19.3. The Hall–Kier alpha value is -2.92. The van der Waals surface area contributed by atoms with Gasteiger partial charge in [0.25, 0.3) is 0 Å². The second kappa shape index (κ2) is 8.40. The lowest BCUT2D eigenvalue weighted by Crippen LogP contribution is -2.06. The topological polar surface area (TPSA) is 66.0 Å². The van der Waals surface area contributed by atoms with Gasteiger partial charge in [-0.25, -0.2) is 9.97 Å². The normalized spacial score (nSPS) is 11.5. The van der Waals surface area contributed by atoms with Crippen molar-refractivity contribution in [1.29, 1.82) is 0 Å². The number of para-hydroxylation sites is 1. The smallest absolute Gasteiger partial charge is 0.152 e. The van der Waals surface area contributed by atoms with Crippen LogP contribution >= 0.6 is 0 Å². The Morgan fingerprint density at radius 2 is 1.68 bits per heavy atom. The number of pyridine rings is 1. The van der Waals surface area contributed by atoms with Gasteiger partial charge in [0, 0.05) is 25.1 Å². The molecule has 5 heteroatoms. The molecule has 0 spiro atoms. The van der Waals surface area contributed by atoms with Crippen LogP contribution in [0.15, 0.2) is 54.6 Å². The van der Waals surface area contributed by atoms with Crippen molar-refractivity contribution in [3.05, 3.63) is 66.0 Å². The van der Waals surface area contributed by atoms with Crippen LogP contribution in [0.25, 0.3) is 21.9 Å². The SMILES string of the molecule is Cc1nc2c(N)nc3ccccc3c2n1CCCOCCCc1ccccc1. The van der Waals surface area contributed by atoms with Crippen LogP contribution in [0.1, 0.15) is 24.2 Å². The first-order chi connectivity index (χ1) is 13.7. The maximum Gasteiger partial charge on any atom is 0.152 e. The molecule has 144 valence electrons. The van der Waals surface area contributed by atoms with Crippen molar-refractivity contribution in [2.75, 3.05) is 18.9 Å². The third-order valence-corrected chi connectivity index (χ3v) is 5.07. The molecule has 5 nitrogen and oxygen atoms in total. The molecule has 4 aromatic rings. The molecule has 0 amide bonds. The van der Waals surface area contributed by atoms with Crippen molar-refractivity contribution in [1.82, 2.24) is 14.5 Å². The average molecular weight is 374 g/mol. The minimum Gasteiger partial charge on any atom is -0.382 e. The summed E-state index contributed by atoms with van der Waals surface area (Å²) in [4.78, 5) is 9.15. The molecule has 2 aromatic heterocycles. The van der Waals surface area contributed by atoms with Gasteiger partial charge in [-0.15, -0.1) is 0 Å². The van der Waals surface area contributed by atoms with E-state index in [1.54, 1.807) is 0 Å². The van der Waals surface area contributed by atoms with Crippen LogP contribution < -0.4 is 5.73 Å². The number of fused-ring (bicyclic) bond motifs is 3. The predicted molar refractivity (Wildman–Crippen MR) is 114 cm³/mol. The lowest BCUT2D eigenvalue weighted by Gasteiger charge is -2.10. The Bertz CT molecular complexity index is 1070. The minimum absolute atomic E-state index is 0.493. The summed E-state index contributed by atoms with van der Waals surface area (Å²) in [5.74, 6) is 1.46. The molecule has 0 radical (unpaired) electrons. The summed E-state index contributed by atoms with van der Waals surface area (Å²) >= 11 is 0. The molecule has 0 saturated carbocycles. The molecule has 0 atom stereocenters. The number of aryl methyl sites for hydroxylation is 3. The van der Waals surface area contributed by atoms with Crippen molar-refractivity contribution >= 4 is 27.8 Å². The molecule has 2 N–H and O–H groups in total. The Morgan fingerprint density at radius 1 is 0.929 bits per heavy atom. The highest BCUT2D eigenvalue weighted by atomic mass is 16.5. The van der Waals surface area contributed by atoms with E-state index < -0.39 is 0 Å². The summed E-state index contributed by atoms with van der Waals surface area (Å²) in [5, 5.41) is 1.09. The molecule has 0 aliphatic heterocycles. The number of ether oxygens (including phenoxy) is 1. The maximum absolute atomic E-state index is 6.15. The Balaban J connectivity index is 1.36. The van der Waals surface area contributed by atoms with Gasteiger partial charge >= 0.3 is 0 Å². The molecule has 0 saturated heterocycles. The van der Waals surface area contributed by atoms with Gasteiger partial charge < -0.3 is 15.0 Å². The zero-order valence-electron chi connectivity index (χ0n) is 16.3. The lowest BCUT2D eigenvalue weighted by molar-refractivity contribution is 0.126. The number of hydrogen-bond acceptors (Lipinski definition) is 4. The quantitative estimate of drug-likeness (QED) is 0.461. The van der Waals surface area contributed by atoms with E-state index in [2.05, 4.69) is 50.9 Å². The first-order valence-corrected chi connectivity index (χ1v) is 9.87. The summed E-state index contributed by atoms with van der Waals surface area (Å²) in [6.45, 7) is 4.41. The number of aromatic nitrogens is 3. The summed E-state index contributed by atoms with van der Waals surface area (Å²) in [7, 11) is 0. The highest BCUT2D eigenvalue weighted by molar-refractivity contribution is 6.06. The number of nitrogens with two attached hydrogens (primary N) is 1. The number of nitrogens with zero attached hydrogens (tertiary/aromatic N) is 3. The van der Waals surface area contributed by atoms with Crippen molar-refractivity contribution in [2.45, 2.75) is 32.7 Å². The molecular formula is C23H26N4O. The molecule has 0 bridgehead atoms. The van der Waals surface area contributed by atoms with Crippen LogP contribution in [0.2, 0.25) is 0 Å². The molecule has 0 fully saturated rings. The molecular weight excluding hydrogens is 348 g/mol. The van der Waals surface area contributed by atoms with E-state index in [-0.39, 0.29) is 0 Å². The van der Waals surface area contributed by atoms with Crippen LogP contribution in [0.5, 0.6) is 0 Å². The van der Waals surface area contributed by atoms with Gasteiger partial charge in [0.15, 0.2) is 5.82 Å². The van der Waals surface area contributed by atoms with Gasteiger partial charge in [0.05, 0.1) is 11.0 Å². The van der Waals surface area contributed by atoms with E-state index in [9.17, 15) is 0 Å². The lowest BCUT2D eigenvalue weighted by atomic mass is 10.1. The number of imidazole rings is 1. The fourth-order valence-electron chi connectivity index (χ4n) is 3.69. The predicted octanol–water partition coefficient (Wildman–Crippen LogP) is 4.51. The highest BCUT2D eigenvalue weighted by Gasteiger charge is 2.14. The Labute approximate surface area is 165 Å². The van der Waals surface area contributed by atoms with Crippen molar-refractivity contribution in [2.24, 2.45) is 0 Å². The van der Waals surface area contributed by atoms with Crippen LogP contribution in [-0.4, -0.2) is 27.7 Å². The molecule has 0 aliphatic carbocycles. The first-order valence-electron chi connectivity index (χ1n) is 9.87. The number of rotatable bonds is 8. The third kappa shape index (κ3) is 3.85. The largest absolute Gasteiger partial charge is 0.382 e. The van der Waals surface area contributed by atoms with Crippen LogP contribution in [0.4, 0.5) is 5.82 Å². The second-order valence-electron chi connectivity index (χ2n) is 7.08. The van der Waals surface area contributed by atoms with Gasteiger partial charge in [-0.3, -0.25) is 0 Å². The fraction of sp³-hybridized carbons (Fsp3) is 0.304. The summed E-state index contributed by atoms with van der Waals surface area (Å²) in [6, 6.07) is 18.6. The van der Waals surface area contributed by atoms with Crippen molar-refractivity contribution < 1.29 is 4.74 Å². The highest BCUT2D eigenvalue weighted by Crippen LogP contribution is 2.28. The van der Waals surface area contributed by atoms with Gasteiger partial charge in [-0.1, -0.05) is 48.5 Å². The molecule has 0 aliphatic rings. The molecule has 2 heterocycles. The van der Waals surface area contributed by atoms with E-state index in [0.717, 1.165) is 66.8 Å². The summed E-state index contributed by atoms with van der Waals surface area (Å²) in [5.41, 5.74) is 10.3. The van der Waals surface area contributed by atoms with Gasteiger partial charge in [0.2, 0.25) is 0 Å². The van der Waals surface area contributed by atoms with Crippen molar-refractivity contribution in [3.63, 3.8) is 0 Å². The monoisotopic (exact) mass is 374 g/mol. The van der Waals surface area contributed by atoms with E-state index in [1.807, 2.05) is 25.1 Å². The van der Waals surface area contributed by atoms with Gasteiger partial charge in [0.1, 0.15) is 11.3 Å². The first kappa shape index (κ1) is 18.4. The number of anilines is 1. The second-order valence-corrected chi connectivity index (χ2v) is 7.08. The standard InChI is InChI=1S/C23H26N4O/c1-17-25-21-22(19-12-5-6-13-20(19)26-23(21)24)27(17)14-8-16-28-15-7-11-18-9-3-2-4-10-18/h2-6,9-10,12-13H,7-8,11,14-16H2,1H3,(H2,24,26). The van der Waals surface area contributed by atoms with E-state index in [4.69, 9.17) is 10.5 Å². The van der Waals surface area contributed by atoms with Crippen LogP contribution in [-0.2, 0) is 17.7 Å². The van der Waals surface area contributed by atoms with Gasteiger partial charge in [-0.2, -0.15) is 0 Å². The van der Waals surface area contributed by atoms with E-state index >= 15 is 0 Å². The third-order valence-electron chi connectivity index (χ3n) is 5.07. The molecule has 28 heavy (non-hydrogen) atoms. The molecule has 0 unspecified atom stereocenters. The number of hydrogen-bond donors (Lipinski definition) is 1. The average Bonchev–Trinajstić information content (AvgIpc) is 3.05.